The lowest BCUT2D eigenvalue weighted by atomic mass is 10.2. The van der Waals surface area contributed by atoms with Gasteiger partial charge in [0.2, 0.25) is 0 Å². The first-order chi connectivity index (χ1) is 7.72. The first kappa shape index (κ1) is 11.1. The predicted octanol–water partition coefficient (Wildman–Crippen LogP) is 2.71. The molecule has 84 valence electrons. The van der Waals surface area contributed by atoms with E-state index >= 15 is 0 Å². The second kappa shape index (κ2) is 4.65. The van der Waals surface area contributed by atoms with Crippen LogP contribution in [0, 0.1) is 5.82 Å². The largest absolute Gasteiger partial charge is 0.492 e. The molecule has 2 rings (SSSR count). The number of alkyl halides is 1. The lowest BCUT2D eigenvalue weighted by Crippen LogP contribution is -2.03. The number of benzene rings is 1. The van der Waals surface area contributed by atoms with Gasteiger partial charge in [0.15, 0.2) is 5.43 Å². The van der Waals surface area contributed by atoms with Crippen LogP contribution in [0.1, 0.15) is 0 Å². The lowest BCUT2D eigenvalue weighted by molar-refractivity contribution is 0.343. The smallest absolute Gasteiger partial charge is 0.195 e. The third-order valence-electron chi connectivity index (χ3n) is 2.03. The van der Waals surface area contributed by atoms with E-state index < -0.39 is 11.2 Å². The molecule has 16 heavy (non-hydrogen) atoms. The summed E-state index contributed by atoms with van der Waals surface area (Å²) < 4.78 is 23.9. The Labute approximate surface area is 99.0 Å². The van der Waals surface area contributed by atoms with Gasteiger partial charge in [-0.05, 0) is 0 Å². The van der Waals surface area contributed by atoms with Crippen molar-refractivity contribution >= 4 is 26.9 Å². The third-order valence-corrected chi connectivity index (χ3v) is 2.36. The molecular weight excluding hydrogens is 279 g/mol. The second-order valence-electron chi connectivity index (χ2n) is 3.10. The average molecular weight is 287 g/mol. The molecule has 0 saturated heterocycles. The molecule has 2 aromatic rings. The van der Waals surface area contributed by atoms with Crippen LogP contribution >= 0.6 is 15.9 Å². The molecule has 3 nitrogen and oxygen atoms in total. The first-order valence-electron chi connectivity index (χ1n) is 4.62. The van der Waals surface area contributed by atoms with Gasteiger partial charge < -0.3 is 9.15 Å². The third kappa shape index (κ3) is 2.09. The summed E-state index contributed by atoms with van der Waals surface area (Å²) in [5, 5.41) is 0.597. The summed E-state index contributed by atoms with van der Waals surface area (Å²) in [6.45, 7) is 0.419. The zero-order chi connectivity index (χ0) is 11.5. The van der Waals surface area contributed by atoms with Gasteiger partial charge in [0.25, 0.3) is 0 Å². The minimum absolute atomic E-state index is 0.0475. The maximum absolute atomic E-state index is 13.6. The van der Waals surface area contributed by atoms with Crippen molar-refractivity contribution in [2.45, 2.75) is 0 Å². The Bertz CT molecular complexity index is 565. The topological polar surface area (TPSA) is 39.4 Å². The van der Waals surface area contributed by atoms with Crippen molar-refractivity contribution < 1.29 is 13.5 Å². The van der Waals surface area contributed by atoms with Crippen LogP contribution in [0.4, 0.5) is 4.39 Å². The summed E-state index contributed by atoms with van der Waals surface area (Å²) in [5.74, 6) is -0.282. The summed E-state index contributed by atoms with van der Waals surface area (Å²) in [5.41, 5.74) is -0.206. The molecule has 0 radical (unpaired) electrons. The first-order valence-corrected chi connectivity index (χ1v) is 5.74. The Balaban J connectivity index is 2.55. The molecule has 0 aliphatic heterocycles. The molecule has 0 fully saturated rings. The summed E-state index contributed by atoms with van der Waals surface area (Å²) in [7, 11) is 0. The van der Waals surface area contributed by atoms with Crippen LogP contribution in [0.2, 0.25) is 0 Å². The van der Waals surface area contributed by atoms with E-state index in [9.17, 15) is 9.18 Å². The Morgan fingerprint density at radius 2 is 2.25 bits per heavy atom. The molecule has 0 N–H and O–H groups in total. The summed E-state index contributed by atoms with van der Waals surface area (Å²) in [4.78, 5) is 11.4. The number of halogens is 2. The van der Waals surface area contributed by atoms with Gasteiger partial charge in [-0.15, -0.1) is 0 Å². The quantitative estimate of drug-likeness (QED) is 0.815. The Kier molecular flexibility index (Phi) is 3.24. The normalized spacial score (nSPS) is 10.6. The maximum atomic E-state index is 13.6. The number of ether oxygens (including phenoxy) is 1. The molecule has 0 aliphatic carbocycles. The van der Waals surface area contributed by atoms with Gasteiger partial charge in [-0.1, -0.05) is 15.9 Å². The molecule has 0 amide bonds. The van der Waals surface area contributed by atoms with Gasteiger partial charge in [0, 0.05) is 23.5 Å². The highest BCUT2D eigenvalue weighted by Gasteiger charge is 2.09. The van der Waals surface area contributed by atoms with Crippen LogP contribution in [-0.4, -0.2) is 11.9 Å². The molecule has 0 unspecified atom stereocenters. The van der Waals surface area contributed by atoms with Crippen LogP contribution in [0.25, 0.3) is 11.0 Å². The molecule has 0 spiro atoms. The van der Waals surface area contributed by atoms with Crippen LogP contribution in [0.15, 0.2) is 33.7 Å². The minimum Gasteiger partial charge on any atom is -0.492 e. The van der Waals surface area contributed by atoms with E-state index in [0.29, 0.717) is 17.7 Å². The maximum Gasteiger partial charge on any atom is 0.195 e. The van der Waals surface area contributed by atoms with Gasteiger partial charge in [0.05, 0.1) is 12.9 Å². The number of rotatable bonds is 3. The van der Waals surface area contributed by atoms with E-state index in [1.54, 1.807) is 0 Å². The highest BCUT2D eigenvalue weighted by molar-refractivity contribution is 9.09. The molecule has 5 heteroatoms. The van der Waals surface area contributed by atoms with E-state index in [4.69, 9.17) is 9.15 Å². The van der Waals surface area contributed by atoms with E-state index in [-0.39, 0.29) is 11.0 Å². The molecule has 1 aromatic heterocycles. The Morgan fingerprint density at radius 3 is 3.00 bits per heavy atom. The van der Waals surface area contributed by atoms with E-state index in [0.717, 1.165) is 0 Å². The molecule has 1 heterocycles. The highest BCUT2D eigenvalue weighted by atomic mass is 79.9. The standard InChI is InChI=1S/C11H8BrFO3/c12-2-4-15-7-5-8(13)11-9(14)1-3-16-10(11)6-7/h1,3,5-6H,2,4H2. The van der Waals surface area contributed by atoms with Gasteiger partial charge in [-0.3, -0.25) is 4.79 Å². The van der Waals surface area contributed by atoms with Crippen molar-refractivity contribution in [3.05, 3.63) is 40.5 Å². The van der Waals surface area contributed by atoms with E-state index in [1.165, 1.54) is 24.5 Å². The highest BCUT2D eigenvalue weighted by Crippen LogP contribution is 2.21. The van der Waals surface area contributed by atoms with Crippen LogP contribution in [0.3, 0.4) is 0 Å². The van der Waals surface area contributed by atoms with E-state index in [2.05, 4.69) is 15.9 Å². The average Bonchev–Trinajstić information content (AvgIpc) is 2.26. The molecular formula is C11H8BrFO3. The van der Waals surface area contributed by atoms with Crippen molar-refractivity contribution in [3.8, 4) is 5.75 Å². The Hall–Kier alpha value is -1.36. The number of hydrogen-bond acceptors (Lipinski definition) is 3. The molecule has 0 bridgehead atoms. The molecule has 1 aromatic carbocycles. The summed E-state index contributed by atoms with van der Waals surface area (Å²) in [6.07, 6.45) is 1.23. The predicted molar refractivity (Wildman–Crippen MR) is 61.7 cm³/mol. The lowest BCUT2D eigenvalue weighted by Gasteiger charge is -2.05. The number of hydrogen-bond donors (Lipinski definition) is 0. The Morgan fingerprint density at radius 1 is 1.44 bits per heavy atom. The monoisotopic (exact) mass is 286 g/mol. The van der Waals surface area contributed by atoms with Gasteiger partial charge in [0.1, 0.15) is 22.5 Å². The van der Waals surface area contributed by atoms with Crippen molar-refractivity contribution in [1.29, 1.82) is 0 Å². The fourth-order valence-electron chi connectivity index (χ4n) is 1.38. The summed E-state index contributed by atoms with van der Waals surface area (Å²) in [6, 6.07) is 3.87. The van der Waals surface area contributed by atoms with Crippen molar-refractivity contribution in [2.24, 2.45) is 0 Å². The fraction of sp³-hybridized carbons (Fsp3) is 0.182. The molecule has 0 atom stereocenters. The summed E-state index contributed by atoms with van der Waals surface area (Å²) >= 11 is 3.19. The number of fused-ring (bicyclic) bond motifs is 1. The van der Waals surface area contributed by atoms with Crippen LogP contribution in [0.5, 0.6) is 5.75 Å². The van der Waals surface area contributed by atoms with Crippen molar-refractivity contribution in [2.75, 3.05) is 11.9 Å². The van der Waals surface area contributed by atoms with Gasteiger partial charge >= 0.3 is 0 Å². The van der Waals surface area contributed by atoms with Crippen LogP contribution in [-0.2, 0) is 0 Å². The zero-order valence-electron chi connectivity index (χ0n) is 8.20. The zero-order valence-corrected chi connectivity index (χ0v) is 9.79. The molecule has 0 aliphatic rings. The van der Waals surface area contributed by atoms with E-state index in [1.807, 2.05) is 0 Å². The van der Waals surface area contributed by atoms with Crippen molar-refractivity contribution in [1.82, 2.24) is 0 Å². The second-order valence-corrected chi connectivity index (χ2v) is 3.89. The molecule has 0 saturated carbocycles. The fourth-order valence-corrected chi connectivity index (χ4v) is 1.54. The van der Waals surface area contributed by atoms with Gasteiger partial charge in [-0.2, -0.15) is 0 Å². The van der Waals surface area contributed by atoms with Gasteiger partial charge in [-0.25, -0.2) is 4.39 Å². The van der Waals surface area contributed by atoms with Crippen molar-refractivity contribution in [3.63, 3.8) is 0 Å². The van der Waals surface area contributed by atoms with Crippen LogP contribution < -0.4 is 10.2 Å². The SMILES string of the molecule is O=c1ccoc2cc(OCCBr)cc(F)c12. The minimum atomic E-state index is -0.628.